The molecule has 0 spiro atoms. The number of hydrogen-bond donors (Lipinski definition) is 0. The average molecular weight is 325 g/mol. The molecule has 4 rings (SSSR count). The third-order valence-electron chi connectivity index (χ3n) is 4.12. The molecule has 0 N–H and O–H groups in total. The van der Waals surface area contributed by atoms with E-state index in [-0.39, 0.29) is 11.8 Å². The molecule has 1 saturated heterocycles. The molecule has 0 saturated carbocycles. The summed E-state index contributed by atoms with van der Waals surface area (Å²) < 4.78 is 11.2. The maximum Gasteiger partial charge on any atom is 0.270 e. The second-order valence-corrected chi connectivity index (χ2v) is 5.62. The number of anilines is 1. The fourth-order valence-corrected chi connectivity index (χ4v) is 2.90. The Labute approximate surface area is 137 Å². The van der Waals surface area contributed by atoms with Crippen LogP contribution < -0.4 is 4.90 Å². The van der Waals surface area contributed by atoms with Gasteiger partial charge in [0.15, 0.2) is 0 Å². The molecule has 1 atom stereocenters. The smallest absolute Gasteiger partial charge is 0.270 e. The van der Waals surface area contributed by atoms with Gasteiger partial charge < -0.3 is 14.1 Å². The number of benzene rings is 1. The van der Waals surface area contributed by atoms with Gasteiger partial charge in [-0.2, -0.15) is 0 Å². The first kappa shape index (κ1) is 14.6. The van der Waals surface area contributed by atoms with Crippen LogP contribution >= 0.6 is 0 Å². The summed E-state index contributed by atoms with van der Waals surface area (Å²) >= 11 is 0. The maximum atomic E-state index is 10.9. The van der Waals surface area contributed by atoms with Crippen molar-refractivity contribution < 1.29 is 14.1 Å². The largest absolute Gasteiger partial charge is 0.467 e. The van der Waals surface area contributed by atoms with Gasteiger partial charge in [0, 0.05) is 24.1 Å². The van der Waals surface area contributed by atoms with E-state index in [4.69, 9.17) is 9.15 Å². The number of nitro benzene ring substituents is 1. The van der Waals surface area contributed by atoms with E-state index in [9.17, 15) is 10.1 Å². The van der Waals surface area contributed by atoms with Gasteiger partial charge in [0.25, 0.3) is 5.69 Å². The van der Waals surface area contributed by atoms with Crippen molar-refractivity contribution >= 4 is 22.4 Å². The SMILES string of the molecule is O=[N+]([O-])c1ccc2nc(N3CCOC(c4ccco4)C3)ccc2c1. The summed E-state index contributed by atoms with van der Waals surface area (Å²) in [5.74, 6) is 1.63. The van der Waals surface area contributed by atoms with Crippen molar-refractivity contribution in [3.05, 3.63) is 64.6 Å². The highest BCUT2D eigenvalue weighted by molar-refractivity contribution is 5.82. The van der Waals surface area contributed by atoms with Gasteiger partial charge >= 0.3 is 0 Å². The Morgan fingerprint density at radius 1 is 1.25 bits per heavy atom. The molecule has 3 heterocycles. The number of aromatic nitrogens is 1. The van der Waals surface area contributed by atoms with Crippen molar-refractivity contribution in [2.45, 2.75) is 6.10 Å². The zero-order valence-corrected chi connectivity index (χ0v) is 12.8. The Kier molecular flexibility index (Phi) is 3.62. The van der Waals surface area contributed by atoms with Crippen LogP contribution in [0.2, 0.25) is 0 Å². The van der Waals surface area contributed by atoms with E-state index < -0.39 is 4.92 Å². The minimum absolute atomic E-state index is 0.0707. The molecule has 0 amide bonds. The second-order valence-electron chi connectivity index (χ2n) is 5.62. The summed E-state index contributed by atoms with van der Waals surface area (Å²) in [4.78, 5) is 17.2. The lowest BCUT2D eigenvalue weighted by molar-refractivity contribution is -0.384. The summed E-state index contributed by atoms with van der Waals surface area (Å²) in [5.41, 5.74) is 0.806. The van der Waals surface area contributed by atoms with E-state index in [1.165, 1.54) is 12.1 Å². The second kappa shape index (κ2) is 5.93. The van der Waals surface area contributed by atoms with Crippen LogP contribution in [-0.2, 0) is 4.74 Å². The fraction of sp³-hybridized carbons (Fsp3) is 0.235. The Morgan fingerprint density at radius 3 is 2.96 bits per heavy atom. The zero-order valence-electron chi connectivity index (χ0n) is 12.8. The third kappa shape index (κ3) is 2.69. The van der Waals surface area contributed by atoms with Crippen LogP contribution in [0.3, 0.4) is 0 Å². The molecular formula is C17H15N3O4. The van der Waals surface area contributed by atoms with E-state index in [2.05, 4.69) is 9.88 Å². The number of non-ortho nitro benzene ring substituents is 1. The van der Waals surface area contributed by atoms with Crippen molar-refractivity contribution in [3.63, 3.8) is 0 Å². The minimum Gasteiger partial charge on any atom is -0.467 e. The number of rotatable bonds is 3. The number of nitrogens with zero attached hydrogens (tertiary/aromatic N) is 3. The van der Waals surface area contributed by atoms with Crippen molar-refractivity contribution in [3.8, 4) is 0 Å². The fourth-order valence-electron chi connectivity index (χ4n) is 2.90. The van der Waals surface area contributed by atoms with E-state index in [0.29, 0.717) is 13.2 Å². The standard InChI is InChI=1S/C17H15N3O4/c21-20(22)13-4-5-14-12(10-13)3-6-17(18-14)19-7-9-24-16(11-19)15-2-1-8-23-15/h1-6,8,10,16H,7,9,11H2. The summed E-state index contributed by atoms with van der Waals surface area (Å²) in [7, 11) is 0. The van der Waals surface area contributed by atoms with Crippen LogP contribution in [0, 0.1) is 10.1 Å². The zero-order chi connectivity index (χ0) is 16.5. The first-order valence-corrected chi connectivity index (χ1v) is 7.66. The Morgan fingerprint density at radius 2 is 2.17 bits per heavy atom. The van der Waals surface area contributed by atoms with Gasteiger partial charge in [0.2, 0.25) is 0 Å². The number of nitro groups is 1. The van der Waals surface area contributed by atoms with Crippen LogP contribution in [0.5, 0.6) is 0 Å². The van der Waals surface area contributed by atoms with Gasteiger partial charge in [-0.15, -0.1) is 0 Å². The van der Waals surface area contributed by atoms with Crippen molar-refractivity contribution in [1.82, 2.24) is 4.98 Å². The number of pyridine rings is 1. The predicted molar refractivity (Wildman–Crippen MR) is 88.0 cm³/mol. The lowest BCUT2D eigenvalue weighted by Gasteiger charge is -2.32. The number of furan rings is 1. The monoisotopic (exact) mass is 325 g/mol. The molecule has 0 aliphatic carbocycles. The van der Waals surface area contributed by atoms with Gasteiger partial charge in [-0.1, -0.05) is 0 Å². The highest BCUT2D eigenvalue weighted by Crippen LogP contribution is 2.27. The molecule has 24 heavy (non-hydrogen) atoms. The van der Waals surface area contributed by atoms with Crippen molar-refractivity contribution in [2.24, 2.45) is 0 Å². The van der Waals surface area contributed by atoms with Crippen molar-refractivity contribution in [2.75, 3.05) is 24.6 Å². The molecule has 0 bridgehead atoms. The molecule has 7 heteroatoms. The molecule has 1 unspecified atom stereocenters. The summed E-state index contributed by atoms with van der Waals surface area (Å²) in [6, 6.07) is 12.2. The van der Waals surface area contributed by atoms with Gasteiger partial charge in [0.05, 0.1) is 29.9 Å². The van der Waals surface area contributed by atoms with Gasteiger partial charge in [0.1, 0.15) is 17.7 Å². The van der Waals surface area contributed by atoms with E-state index in [0.717, 1.165) is 29.0 Å². The number of ether oxygens (including phenoxy) is 1. The molecular weight excluding hydrogens is 310 g/mol. The Hall–Kier alpha value is -2.93. The van der Waals surface area contributed by atoms with E-state index >= 15 is 0 Å². The molecule has 1 aliphatic rings. The molecule has 1 aliphatic heterocycles. The Balaban J connectivity index is 1.61. The van der Waals surface area contributed by atoms with Crippen LogP contribution in [0.15, 0.2) is 53.1 Å². The molecule has 1 aromatic carbocycles. The summed E-state index contributed by atoms with van der Waals surface area (Å²) in [5, 5.41) is 11.6. The highest BCUT2D eigenvalue weighted by Gasteiger charge is 2.25. The van der Waals surface area contributed by atoms with Crippen LogP contribution in [0.25, 0.3) is 10.9 Å². The normalized spacial score (nSPS) is 18.0. The molecule has 7 nitrogen and oxygen atoms in total. The maximum absolute atomic E-state index is 10.9. The van der Waals surface area contributed by atoms with Gasteiger partial charge in [-0.25, -0.2) is 4.98 Å². The quantitative estimate of drug-likeness (QED) is 0.543. The molecule has 2 aromatic heterocycles. The average Bonchev–Trinajstić information content (AvgIpc) is 3.15. The summed E-state index contributed by atoms with van der Waals surface area (Å²) in [6.45, 7) is 1.98. The topological polar surface area (TPSA) is 81.6 Å². The number of fused-ring (bicyclic) bond motifs is 1. The first-order valence-electron chi connectivity index (χ1n) is 7.66. The lowest BCUT2D eigenvalue weighted by Crippen LogP contribution is -2.38. The van der Waals surface area contributed by atoms with E-state index in [1.807, 2.05) is 24.3 Å². The van der Waals surface area contributed by atoms with E-state index in [1.54, 1.807) is 12.3 Å². The first-order chi connectivity index (χ1) is 11.7. The molecule has 3 aromatic rings. The third-order valence-corrected chi connectivity index (χ3v) is 4.12. The molecule has 122 valence electrons. The number of hydrogen-bond acceptors (Lipinski definition) is 6. The van der Waals surface area contributed by atoms with Crippen molar-refractivity contribution in [1.29, 1.82) is 0 Å². The lowest BCUT2D eigenvalue weighted by atomic mass is 10.2. The highest BCUT2D eigenvalue weighted by atomic mass is 16.6. The number of morpholine rings is 1. The van der Waals surface area contributed by atoms with Crippen LogP contribution in [-0.4, -0.2) is 29.6 Å². The van der Waals surface area contributed by atoms with Crippen LogP contribution in [0.1, 0.15) is 11.9 Å². The van der Waals surface area contributed by atoms with Gasteiger partial charge in [-0.3, -0.25) is 10.1 Å². The minimum atomic E-state index is -0.400. The molecule has 1 fully saturated rings. The Bertz CT molecular complexity index is 879. The van der Waals surface area contributed by atoms with Gasteiger partial charge in [-0.05, 0) is 30.3 Å². The van der Waals surface area contributed by atoms with Crippen LogP contribution in [0.4, 0.5) is 11.5 Å². The predicted octanol–water partition coefficient (Wildman–Crippen LogP) is 3.31. The summed E-state index contributed by atoms with van der Waals surface area (Å²) in [6.07, 6.45) is 1.52. The molecule has 0 radical (unpaired) electrons.